The molecule has 0 aliphatic heterocycles. The van der Waals surface area contributed by atoms with Gasteiger partial charge in [0.15, 0.2) is 0 Å². The Morgan fingerprint density at radius 2 is 1.93 bits per heavy atom. The van der Waals surface area contributed by atoms with Crippen molar-refractivity contribution in [2.75, 3.05) is 0 Å². The van der Waals surface area contributed by atoms with Gasteiger partial charge in [-0.05, 0) is 30.0 Å². The topological polar surface area (TPSA) is 28.7 Å². The second-order valence-corrected chi connectivity index (χ2v) is 4.20. The van der Waals surface area contributed by atoms with Gasteiger partial charge in [0.2, 0.25) is 0 Å². The molecule has 0 saturated heterocycles. The van der Waals surface area contributed by atoms with Gasteiger partial charge in [0.05, 0.1) is 5.69 Å². The first-order valence-electron chi connectivity index (χ1n) is 5.01. The highest BCUT2D eigenvalue weighted by Crippen LogP contribution is 2.30. The van der Waals surface area contributed by atoms with E-state index in [0.29, 0.717) is 4.64 Å². The minimum Gasteiger partial charge on any atom is -0.267 e. The van der Waals surface area contributed by atoms with Crippen molar-refractivity contribution >= 4 is 12.2 Å². The first kappa shape index (κ1) is 8.80. The molecule has 1 aliphatic rings. The van der Waals surface area contributed by atoms with Crippen LogP contribution in [0, 0.1) is 4.64 Å². The average molecular weight is 214 g/mol. The lowest BCUT2D eigenvalue weighted by Gasteiger charge is -2.17. The molecular weight excluding hydrogens is 204 g/mol. The molecule has 0 fully saturated rings. The number of benzene rings is 1. The van der Waals surface area contributed by atoms with Crippen LogP contribution >= 0.6 is 12.2 Å². The van der Waals surface area contributed by atoms with Crippen molar-refractivity contribution < 1.29 is 0 Å². The fourth-order valence-corrected chi connectivity index (χ4v) is 2.29. The molecule has 3 heteroatoms. The lowest BCUT2D eigenvalue weighted by Crippen LogP contribution is -2.06. The van der Waals surface area contributed by atoms with E-state index in [9.17, 15) is 0 Å². The number of hydrogen-bond acceptors (Lipinski definition) is 2. The number of hydrogen-bond donors (Lipinski definition) is 1. The van der Waals surface area contributed by atoms with Gasteiger partial charge in [0.25, 0.3) is 0 Å². The predicted molar refractivity (Wildman–Crippen MR) is 62.3 cm³/mol. The quantitative estimate of drug-likeness (QED) is 0.683. The van der Waals surface area contributed by atoms with Crippen LogP contribution in [0.1, 0.15) is 11.1 Å². The Morgan fingerprint density at radius 3 is 2.87 bits per heavy atom. The summed E-state index contributed by atoms with van der Waals surface area (Å²) in [7, 11) is 0. The van der Waals surface area contributed by atoms with Gasteiger partial charge < -0.3 is 0 Å². The molecule has 1 heterocycles. The predicted octanol–water partition coefficient (Wildman–Crippen LogP) is 2.90. The summed E-state index contributed by atoms with van der Waals surface area (Å²) in [5.74, 6) is 0. The summed E-state index contributed by atoms with van der Waals surface area (Å²) in [6, 6.07) is 10.4. The third-order valence-corrected chi connectivity index (χ3v) is 3.03. The summed E-state index contributed by atoms with van der Waals surface area (Å²) in [6.45, 7) is 0. The maximum absolute atomic E-state index is 5.08. The van der Waals surface area contributed by atoms with Crippen molar-refractivity contribution in [3.05, 3.63) is 46.1 Å². The Labute approximate surface area is 93.0 Å². The summed E-state index contributed by atoms with van der Waals surface area (Å²) >= 11 is 5.08. The molecule has 1 aromatic heterocycles. The standard InChI is InChI=1S/C12H10N2S/c15-11-7-9-6-5-8-3-1-2-4-10(8)12(9)14-13-11/h1-4,7H,5-6H2,(H,13,15). The highest BCUT2D eigenvalue weighted by atomic mass is 32.1. The molecule has 74 valence electrons. The molecule has 0 saturated carbocycles. The van der Waals surface area contributed by atoms with Crippen LogP contribution in [0.15, 0.2) is 30.3 Å². The molecule has 2 nitrogen and oxygen atoms in total. The Morgan fingerprint density at radius 1 is 1.13 bits per heavy atom. The monoisotopic (exact) mass is 214 g/mol. The van der Waals surface area contributed by atoms with E-state index in [1.807, 2.05) is 6.07 Å². The molecular formula is C12H10N2S. The van der Waals surface area contributed by atoms with Crippen LogP contribution in [0.2, 0.25) is 0 Å². The number of aryl methyl sites for hydroxylation is 2. The number of rotatable bonds is 0. The van der Waals surface area contributed by atoms with Crippen molar-refractivity contribution in [2.45, 2.75) is 12.8 Å². The van der Waals surface area contributed by atoms with Gasteiger partial charge in [-0.25, -0.2) is 0 Å². The van der Waals surface area contributed by atoms with Gasteiger partial charge in [-0.15, -0.1) is 0 Å². The molecule has 1 aromatic carbocycles. The number of nitrogens with one attached hydrogen (secondary N) is 1. The molecule has 0 unspecified atom stereocenters. The second kappa shape index (κ2) is 3.28. The van der Waals surface area contributed by atoms with Gasteiger partial charge in [-0.1, -0.05) is 36.5 Å². The Hall–Kier alpha value is -1.48. The first-order chi connectivity index (χ1) is 7.34. The van der Waals surface area contributed by atoms with Crippen molar-refractivity contribution in [2.24, 2.45) is 0 Å². The summed E-state index contributed by atoms with van der Waals surface area (Å²) in [4.78, 5) is 0. The fraction of sp³-hybridized carbons (Fsp3) is 0.167. The minimum absolute atomic E-state index is 0.716. The van der Waals surface area contributed by atoms with Gasteiger partial charge in [-0.2, -0.15) is 5.10 Å². The zero-order valence-corrected chi connectivity index (χ0v) is 8.97. The molecule has 0 radical (unpaired) electrons. The average Bonchev–Trinajstić information content (AvgIpc) is 2.28. The fourth-order valence-electron chi connectivity index (χ4n) is 2.10. The van der Waals surface area contributed by atoms with Crippen LogP contribution in [0.3, 0.4) is 0 Å². The van der Waals surface area contributed by atoms with Gasteiger partial charge in [0, 0.05) is 5.56 Å². The van der Waals surface area contributed by atoms with Gasteiger partial charge >= 0.3 is 0 Å². The summed E-state index contributed by atoms with van der Waals surface area (Å²) in [6.07, 6.45) is 2.13. The smallest absolute Gasteiger partial charge is 0.119 e. The maximum Gasteiger partial charge on any atom is 0.119 e. The number of fused-ring (bicyclic) bond motifs is 3. The third kappa shape index (κ3) is 1.39. The van der Waals surface area contributed by atoms with Crippen molar-refractivity contribution in [3.63, 3.8) is 0 Å². The molecule has 0 atom stereocenters. The number of H-pyrrole nitrogens is 1. The van der Waals surface area contributed by atoms with E-state index in [-0.39, 0.29) is 0 Å². The number of aromatic nitrogens is 2. The molecule has 0 amide bonds. The lowest BCUT2D eigenvalue weighted by atomic mass is 9.90. The van der Waals surface area contributed by atoms with Crippen molar-refractivity contribution in [1.82, 2.24) is 10.2 Å². The zero-order chi connectivity index (χ0) is 10.3. The van der Waals surface area contributed by atoms with Crippen molar-refractivity contribution in [3.8, 4) is 11.3 Å². The molecule has 15 heavy (non-hydrogen) atoms. The van der Waals surface area contributed by atoms with E-state index < -0.39 is 0 Å². The Balaban J connectivity index is 2.30. The SMILES string of the molecule is S=c1cc2c(n[nH]1)-c1ccccc1CC2. The molecule has 0 bridgehead atoms. The normalized spacial score (nSPS) is 13.1. The van der Waals surface area contributed by atoms with Crippen LogP contribution in [0.25, 0.3) is 11.3 Å². The Kier molecular flexibility index (Phi) is 1.92. The number of aromatic amines is 1. The van der Waals surface area contributed by atoms with E-state index in [0.717, 1.165) is 18.5 Å². The zero-order valence-electron chi connectivity index (χ0n) is 8.16. The van der Waals surface area contributed by atoms with E-state index in [4.69, 9.17) is 12.2 Å². The lowest BCUT2D eigenvalue weighted by molar-refractivity contribution is 0.891. The molecule has 3 rings (SSSR count). The van der Waals surface area contributed by atoms with Gasteiger partial charge in [-0.3, -0.25) is 5.10 Å². The molecule has 2 aromatic rings. The molecule has 1 N–H and O–H groups in total. The maximum atomic E-state index is 5.08. The third-order valence-electron chi connectivity index (χ3n) is 2.82. The molecule has 0 spiro atoms. The van der Waals surface area contributed by atoms with Crippen LogP contribution in [0.4, 0.5) is 0 Å². The summed E-state index contributed by atoms with van der Waals surface area (Å²) in [5, 5.41) is 7.20. The van der Waals surface area contributed by atoms with E-state index in [1.165, 1.54) is 16.7 Å². The Bertz CT molecular complexity index is 572. The van der Waals surface area contributed by atoms with Crippen molar-refractivity contribution in [1.29, 1.82) is 0 Å². The summed E-state index contributed by atoms with van der Waals surface area (Å²) in [5.41, 5.74) is 4.94. The highest BCUT2D eigenvalue weighted by Gasteiger charge is 2.16. The summed E-state index contributed by atoms with van der Waals surface area (Å²) < 4.78 is 0.716. The second-order valence-electron chi connectivity index (χ2n) is 3.76. The van der Waals surface area contributed by atoms with Crippen LogP contribution in [-0.4, -0.2) is 10.2 Å². The van der Waals surface area contributed by atoms with E-state index in [1.54, 1.807) is 0 Å². The van der Waals surface area contributed by atoms with Crippen LogP contribution < -0.4 is 0 Å². The minimum atomic E-state index is 0.716. The first-order valence-corrected chi connectivity index (χ1v) is 5.42. The van der Waals surface area contributed by atoms with E-state index in [2.05, 4.69) is 34.5 Å². The molecule has 1 aliphatic carbocycles. The highest BCUT2D eigenvalue weighted by molar-refractivity contribution is 7.71. The van der Waals surface area contributed by atoms with E-state index >= 15 is 0 Å². The largest absolute Gasteiger partial charge is 0.267 e. The number of nitrogens with zero attached hydrogens (tertiary/aromatic N) is 1. The van der Waals surface area contributed by atoms with Gasteiger partial charge in [0.1, 0.15) is 4.64 Å². The van der Waals surface area contributed by atoms with Crippen LogP contribution in [-0.2, 0) is 12.8 Å². The van der Waals surface area contributed by atoms with Crippen LogP contribution in [0.5, 0.6) is 0 Å².